The van der Waals surface area contributed by atoms with Crippen LogP contribution in [-0.4, -0.2) is 46.0 Å². The lowest BCUT2D eigenvalue weighted by atomic mass is 10.2. The number of anilines is 1. The average Bonchev–Trinajstić information content (AvgIpc) is 2.95. The molecular formula is C13H19N3O3S. The second-order valence-electron chi connectivity index (χ2n) is 4.89. The quantitative estimate of drug-likeness (QED) is 0.860. The molecule has 0 spiro atoms. The summed E-state index contributed by atoms with van der Waals surface area (Å²) in [7, 11) is 0. The van der Waals surface area contributed by atoms with E-state index in [-0.39, 0.29) is 12.5 Å². The van der Waals surface area contributed by atoms with Gasteiger partial charge in [-0.2, -0.15) is 0 Å². The van der Waals surface area contributed by atoms with Gasteiger partial charge in [-0.15, -0.1) is 11.3 Å². The molecule has 110 valence electrons. The Labute approximate surface area is 121 Å². The predicted octanol–water partition coefficient (Wildman–Crippen LogP) is 1.50. The van der Waals surface area contributed by atoms with Gasteiger partial charge in [-0.3, -0.25) is 14.5 Å². The van der Waals surface area contributed by atoms with Crippen LogP contribution in [-0.2, 0) is 16.0 Å². The van der Waals surface area contributed by atoms with Crippen LogP contribution in [0.2, 0.25) is 0 Å². The normalized spacial score (nSPS) is 19.2. The van der Waals surface area contributed by atoms with Crippen molar-refractivity contribution >= 4 is 28.3 Å². The number of carbonyl (C=O) groups is 2. The molecule has 1 aliphatic heterocycles. The Morgan fingerprint density at radius 2 is 2.30 bits per heavy atom. The fourth-order valence-corrected chi connectivity index (χ4v) is 3.37. The molecule has 1 amide bonds. The van der Waals surface area contributed by atoms with Gasteiger partial charge in [0.25, 0.3) is 0 Å². The van der Waals surface area contributed by atoms with Crippen LogP contribution >= 0.6 is 11.3 Å². The fraction of sp³-hybridized carbons (Fsp3) is 0.615. The number of carboxylic acids is 1. The first-order valence-electron chi connectivity index (χ1n) is 6.74. The van der Waals surface area contributed by atoms with Crippen LogP contribution in [0.15, 0.2) is 0 Å². The summed E-state index contributed by atoms with van der Waals surface area (Å²) in [5.74, 6) is -1.05. The number of aliphatic carboxylic acids is 1. The van der Waals surface area contributed by atoms with E-state index in [0.717, 1.165) is 23.4 Å². The number of likely N-dealkylation sites (tertiary alicyclic amines) is 1. The van der Waals surface area contributed by atoms with E-state index in [2.05, 4.69) is 10.3 Å². The molecule has 0 aliphatic carbocycles. The first-order valence-corrected chi connectivity index (χ1v) is 7.56. The molecule has 7 heteroatoms. The summed E-state index contributed by atoms with van der Waals surface area (Å²) in [6, 6.07) is -0.537. The van der Waals surface area contributed by atoms with Gasteiger partial charge >= 0.3 is 5.97 Å². The van der Waals surface area contributed by atoms with Crippen molar-refractivity contribution in [1.82, 2.24) is 9.88 Å². The van der Waals surface area contributed by atoms with E-state index < -0.39 is 12.0 Å². The Morgan fingerprint density at radius 3 is 2.90 bits per heavy atom. The van der Waals surface area contributed by atoms with E-state index in [0.29, 0.717) is 18.1 Å². The number of aryl methyl sites for hydroxylation is 2. The Balaban J connectivity index is 1.93. The van der Waals surface area contributed by atoms with Crippen molar-refractivity contribution in [2.24, 2.45) is 0 Å². The molecule has 2 heterocycles. The van der Waals surface area contributed by atoms with Crippen molar-refractivity contribution < 1.29 is 14.7 Å². The summed E-state index contributed by atoms with van der Waals surface area (Å²) in [5, 5.41) is 12.4. The van der Waals surface area contributed by atoms with Crippen molar-refractivity contribution in [3.8, 4) is 0 Å². The smallest absolute Gasteiger partial charge is 0.320 e. The highest BCUT2D eigenvalue weighted by Crippen LogP contribution is 2.23. The zero-order valence-electron chi connectivity index (χ0n) is 11.7. The number of thiazole rings is 1. The molecule has 1 aromatic rings. The first-order chi connectivity index (χ1) is 9.51. The summed E-state index contributed by atoms with van der Waals surface area (Å²) in [6.45, 7) is 4.76. The lowest BCUT2D eigenvalue weighted by Gasteiger charge is -2.19. The van der Waals surface area contributed by atoms with Gasteiger partial charge in [-0.05, 0) is 32.7 Å². The second kappa shape index (κ2) is 6.32. The van der Waals surface area contributed by atoms with E-state index in [1.807, 2.05) is 13.8 Å². The zero-order valence-corrected chi connectivity index (χ0v) is 12.5. The van der Waals surface area contributed by atoms with E-state index in [9.17, 15) is 9.59 Å². The summed E-state index contributed by atoms with van der Waals surface area (Å²) in [4.78, 5) is 30.2. The number of nitrogens with one attached hydrogen (secondary N) is 1. The molecule has 0 bridgehead atoms. The lowest BCUT2D eigenvalue weighted by molar-refractivity contribution is -0.142. The zero-order chi connectivity index (χ0) is 14.7. The maximum atomic E-state index is 12.0. The number of aromatic nitrogens is 1. The van der Waals surface area contributed by atoms with Crippen LogP contribution in [0, 0.1) is 6.92 Å². The summed E-state index contributed by atoms with van der Waals surface area (Å²) >= 11 is 1.45. The second-order valence-corrected chi connectivity index (χ2v) is 6.09. The summed E-state index contributed by atoms with van der Waals surface area (Å²) < 4.78 is 0. The van der Waals surface area contributed by atoms with Gasteiger partial charge in [0.2, 0.25) is 5.91 Å². The van der Waals surface area contributed by atoms with Gasteiger partial charge in [-0.25, -0.2) is 4.98 Å². The van der Waals surface area contributed by atoms with E-state index in [1.165, 1.54) is 11.3 Å². The molecule has 1 aliphatic rings. The molecule has 0 saturated carbocycles. The molecule has 1 atom stereocenters. The molecule has 1 fully saturated rings. The number of amides is 1. The van der Waals surface area contributed by atoms with Gasteiger partial charge in [-0.1, -0.05) is 6.92 Å². The van der Waals surface area contributed by atoms with Crippen molar-refractivity contribution in [2.75, 3.05) is 18.4 Å². The van der Waals surface area contributed by atoms with Gasteiger partial charge in [0.15, 0.2) is 5.13 Å². The fourth-order valence-electron chi connectivity index (χ4n) is 2.45. The maximum Gasteiger partial charge on any atom is 0.320 e. The molecule has 1 aromatic heterocycles. The molecule has 0 aromatic carbocycles. The summed E-state index contributed by atoms with van der Waals surface area (Å²) in [5.41, 5.74) is 0.995. The van der Waals surface area contributed by atoms with Gasteiger partial charge in [0.1, 0.15) is 6.04 Å². The topological polar surface area (TPSA) is 82.5 Å². The van der Waals surface area contributed by atoms with E-state index in [1.54, 1.807) is 4.90 Å². The SMILES string of the molecule is CCc1nc(NC(=O)CN2CCC[C@H]2C(=O)O)sc1C. The third-order valence-corrected chi connectivity index (χ3v) is 4.40. The van der Waals surface area contributed by atoms with Crippen molar-refractivity contribution in [1.29, 1.82) is 0 Å². The first kappa shape index (κ1) is 14.9. The van der Waals surface area contributed by atoms with Crippen molar-refractivity contribution in [3.63, 3.8) is 0 Å². The third kappa shape index (κ3) is 3.34. The highest BCUT2D eigenvalue weighted by molar-refractivity contribution is 7.15. The standard InChI is InChI=1S/C13H19N3O3S/c1-3-9-8(2)20-13(14-9)15-11(17)7-16-6-4-5-10(16)12(18)19/h10H,3-7H2,1-2H3,(H,18,19)(H,14,15,17)/t10-/m0/s1. The van der Waals surface area contributed by atoms with E-state index >= 15 is 0 Å². The minimum atomic E-state index is -0.853. The molecule has 2 rings (SSSR count). The number of carbonyl (C=O) groups excluding carboxylic acids is 1. The molecule has 0 unspecified atom stereocenters. The molecular weight excluding hydrogens is 278 g/mol. The number of hydrogen-bond acceptors (Lipinski definition) is 5. The molecule has 2 N–H and O–H groups in total. The Kier molecular flexibility index (Phi) is 4.72. The Bertz CT molecular complexity index is 515. The minimum Gasteiger partial charge on any atom is -0.480 e. The van der Waals surface area contributed by atoms with Crippen LogP contribution in [0.25, 0.3) is 0 Å². The van der Waals surface area contributed by atoms with Gasteiger partial charge in [0, 0.05) is 4.88 Å². The van der Waals surface area contributed by atoms with Gasteiger partial charge < -0.3 is 10.4 Å². The van der Waals surface area contributed by atoms with Crippen LogP contribution in [0.3, 0.4) is 0 Å². The molecule has 1 saturated heterocycles. The minimum absolute atomic E-state index is 0.108. The predicted molar refractivity (Wildman–Crippen MR) is 77.1 cm³/mol. The number of hydrogen-bond donors (Lipinski definition) is 2. The molecule has 6 nitrogen and oxygen atoms in total. The highest BCUT2D eigenvalue weighted by Gasteiger charge is 2.31. The number of nitrogens with zero attached hydrogens (tertiary/aromatic N) is 2. The third-order valence-electron chi connectivity index (χ3n) is 3.47. The Hall–Kier alpha value is -1.47. The maximum absolute atomic E-state index is 12.0. The molecule has 0 radical (unpaired) electrons. The molecule has 20 heavy (non-hydrogen) atoms. The van der Waals surface area contributed by atoms with Crippen molar-refractivity contribution in [2.45, 2.75) is 39.2 Å². The van der Waals surface area contributed by atoms with Crippen molar-refractivity contribution in [3.05, 3.63) is 10.6 Å². The average molecular weight is 297 g/mol. The summed E-state index contributed by atoms with van der Waals surface area (Å²) in [6.07, 6.45) is 2.27. The van der Waals surface area contributed by atoms with E-state index in [4.69, 9.17) is 5.11 Å². The number of rotatable bonds is 5. The van der Waals surface area contributed by atoms with Crippen LogP contribution < -0.4 is 5.32 Å². The van der Waals surface area contributed by atoms with Crippen LogP contribution in [0.5, 0.6) is 0 Å². The van der Waals surface area contributed by atoms with Crippen LogP contribution in [0.1, 0.15) is 30.3 Å². The highest BCUT2D eigenvalue weighted by atomic mass is 32.1. The monoisotopic (exact) mass is 297 g/mol. The van der Waals surface area contributed by atoms with Crippen LogP contribution in [0.4, 0.5) is 5.13 Å². The largest absolute Gasteiger partial charge is 0.480 e. The Morgan fingerprint density at radius 1 is 1.55 bits per heavy atom. The lowest BCUT2D eigenvalue weighted by Crippen LogP contribution is -2.40. The van der Waals surface area contributed by atoms with Gasteiger partial charge in [0.05, 0.1) is 12.2 Å². The number of carboxylic acid groups (broad SMARTS) is 1.